The Balaban J connectivity index is 4.69. The number of rotatable bonds is 8. The van der Waals surface area contributed by atoms with Gasteiger partial charge in [-0.25, -0.2) is 9.59 Å². The molecule has 0 saturated carbocycles. The van der Waals surface area contributed by atoms with E-state index in [1.807, 2.05) is 0 Å². The Kier molecular flexibility index (Phi) is 8.51. The minimum atomic E-state index is -1.28. The van der Waals surface area contributed by atoms with Crippen molar-refractivity contribution in [1.29, 1.82) is 0 Å². The summed E-state index contributed by atoms with van der Waals surface area (Å²) < 4.78 is 4.98. The number of hydrogen-bond donors (Lipinski definition) is 3. The summed E-state index contributed by atoms with van der Waals surface area (Å²) >= 11 is 0. The molecule has 0 saturated heterocycles. The van der Waals surface area contributed by atoms with Crippen LogP contribution in [0.4, 0.5) is 0 Å². The molecule has 0 aromatic heterocycles. The summed E-state index contributed by atoms with van der Waals surface area (Å²) in [6, 6.07) is -0.802. The third kappa shape index (κ3) is 9.51. The molecule has 0 aliphatic carbocycles. The lowest BCUT2D eigenvalue weighted by atomic mass is 10.1. The fourth-order valence-corrected chi connectivity index (χ4v) is 1.76. The van der Waals surface area contributed by atoms with Gasteiger partial charge in [0.15, 0.2) is 0 Å². The number of carboxylic acids is 1. The Morgan fingerprint density at radius 2 is 1.55 bits per heavy atom. The van der Waals surface area contributed by atoms with E-state index in [1.54, 1.807) is 13.8 Å². The maximum atomic E-state index is 11.9. The minimum absolute atomic E-state index is 0.0270. The van der Waals surface area contributed by atoms with Gasteiger partial charge in [-0.1, -0.05) is 0 Å². The van der Waals surface area contributed by atoms with Crippen LogP contribution in [0.15, 0.2) is 11.6 Å². The van der Waals surface area contributed by atoms with E-state index in [9.17, 15) is 19.2 Å². The summed E-state index contributed by atoms with van der Waals surface area (Å²) in [5.41, 5.74) is -0.0659. The van der Waals surface area contributed by atoms with E-state index in [1.165, 1.54) is 13.8 Å². The molecule has 0 bridgehead atoms. The molecule has 0 aliphatic heterocycles. The average Bonchev–Trinajstić information content (AvgIpc) is 2.32. The van der Waals surface area contributed by atoms with Crippen LogP contribution in [0.2, 0.25) is 0 Å². The van der Waals surface area contributed by atoms with E-state index >= 15 is 0 Å². The van der Waals surface area contributed by atoms with Crippen LogP contribution in [0.5, 0.6) is 0 Å². The van der Waals surface area contributed by atoms with Crippen LogP contribution >= 0.6 is 0 Å². The first kappa shape index (κ1) is 19.6. The molecule has 124 valence electrons. The first-order valence-electron chi connectivity index (χ1n) is 6.76. The lowest BCUT2D eigenvalue weighted by Gasteiger charge is -2.16. The van der Waals surface area contributed by atoms with E-state index in [-0.39, 0.29) is 36.5 Å². The van der Waals surface area contributed by atoms with Crippen LogP contribution in [-0.4, -0.2) is 47.6 Å². The number of nitrogens with one attached hydrogen (secondary N) is 2. The second-order valence-electron chi connectivity index (χ2n) is 5.01. The number of ether oxygens (including phenoxy) is 1. The molecular formula is C14H22N2O6. The number of amides is 2. The van der Waals surface area contributed by atoms with Gasteiger partial charge in [0.1, 0.15) is 6.61 Å². The normalized spacial score (nSPS) is 13.7. The quantitative estimate of drug-likeness (QED) is 0.427. The topological polar surface area (TPSA) is 122 Å². The zero-order chi connectivity index (χ0) is 17.3. The van der Waals surface area contributed by atoms with E-state index in [2.05, 4.69) is 10.6 Å². The zero-order valence-corrected chi connectivity index (χ0v) is 13.1. The number of aliphatic carboxylic acids is 1. The van der Waals surface area contributed by atoms with Crippen LogP contribution in [0.25, 0.3) is 0 Å². The largest absolute Gasteiger partial charge is 0.478 e. The Hall–Kier alpha value is -2.38. The smallest absolute Gasteiger partial charge is 0.334 e. The molecule has 8 heteroatoms. The summed E-state index contributed by atoms with van der Waals surface area (Å²) in [6.07, 6.45) is 0.781. The van der Waals surface area contributed by atoms with Gasteiger partial charge in [-0.3, -0.25) is 9.59 Å². The Bertz CT molecular complexity index is 472. The minimum Gasteiger partial charge on any atom is -0.478 e. The van der Waals surface area contributed by atoms with Crippen molar-refractivity contribution in [3.63, 3.8) is 0 Å². The molecular weight excluding hydrogens is 292 g/mol. The van der Waals surface area contributed by atoms with Crippen molar-refractivity contribution in [2.45, 2.75) is 46.2 Å². The maximum Gasteiger partial charge on any atom is 0.334 e. The van der Waals surface area contributed by atoms with Gasteiger partial charge in [0.2, 0.25) is 11.8 Å². The second-order valence-corrected chi connectivity index (χ2v) is 5.01. The van der Waals surface area contributed by atoms with Gasteiger partial charge in [0, 0.05) is 31.5 Å². The monoisotopic (exact) mass is 314 g/mol. The van der Waals surface area contributed by atoms with Gasteiger partial charge in [0.05, 0.1) is 6.04 Å². The number of carbonyl (C=O) groups excluding carboxylic acids is 3. The van der Waals surface area contributed by atoms with Gasteiger partial charge in [0.25, 0.3) is 0 Å². The summed E-state index contributed by atoms with van der Waals surface area (Å²) in [5, 5.41) is 13.9. The van der Waals surface area contributed by atoms with Crippen LogP contribution in [0.1, 0.15) is 34.1 Å². The highest BCUT2D eigenvalue weighted by Gasteiger charge is 2.18. The molecule has 0 rings (SSSR count). The fourth-order valence-electron chi connectivity index (χ4n) is 1.76. The molecule has 0 aromatic carbocycles. The molecule has 0 spiro atoms. The summed E-state index contributed by atoms with van der Waals surface area (Å²) in [7, 11) is 0. The van der Waals surface area contributed by atoms with Crippen LogP contribution in [-0.2, 0) is 23.9 Å². The first-order valence-corrected chi connectivity index (χ1v) is 6.76. The predicted molar refractivity (Wildman–Crippen MR) is 77.9 cm³/mol. The molecule has 3 N–H and O–H groups in total. The Morgan fingerprint density at radius 3 is 2.00 bits per heavy atom. The third-order valence-corrected chi connectivity index (χ3v) is 2.45. The Labute approximate surface area is 128 Å². The molecule has 0 heterocycles. The van der Waals surface area contributed by atoms with E-state index in [0.717, 1.165) is 6.08 Å². The third-order valence-electron chi connectivity index (χ3n) is 2.45. The summed E-state index contributed by atoms with van der Waals surface area (Å²) in [6.45, 7) is 5.87. The molecule has 2 amide bonds. The maximum absolute atomic E-state index is 11.9. The lowest BCUT2D eigenvalue weighted by molar-refractivity contribution is -0.141. The molecule has 0 fully saturated rings. The molecule has 0 aromatic rings. The van der Waals surface area contributed by atoms with Gasteiger partial charge in [-0.15, -0.1) is 0 Å². The van der Waals surface area contributed by atoms with Crippen LogP contribution < -0.4 is 10.6 Å². The molecule has 0 unspecified atom stereocenters. The van der Waals surface area contributed by atoms with Crippen molar-refractivity contribution in [2.75, 3.05) is 6.61 Å². The van der Waals surface area contributed by atoms with Gasteiger partial charge >= 0.3 is 11.9 Å². The summed E-state index contributed by atoms with van der Waals surface area (Å²) in [5.74, 6) is -2.62. The van der Waals surface area contributed by atoms with E-state index in [4.69, 9.17) is 9.84 Å². The van der Waals surface area contributed by atoms with Crippen LogP contribution in [0.3, 0.4) is 0 Å². The highest BCUT2D eigenvalue weighted by atomic mass is 16.5. The van der Waals surface area contributed by atoms with Gasteiger partial charge < -0.3 is 20.5 Å². The number of carboxylic acid groups (broad SMARTS) is 1. The zero-order valence-electron chi connectivity index (χ0n) is 13.1. The van der Waals surface area contributed by atoms with Gasteiger partial charge in [-0.05, 0) is 20.3 Å². The number of carbonyl (C=O) groups is 4. The van der Waals surface area contributed by atoms with Crippen molar-refractivity contribution in [3.8, 4) is 0 Å². The van der Waals surface area contributed by atoms with Crippen molar-refractivity contribution >= 4 is 23.8 Å². The van der Waals surface area contributed by atoms with Crippen LogP contribution in [0, 0.1) is 0 Å². The molecule has 2 atom stereocenters. The van der Waals surface area contributed by atoms with Gasteiger partial charge in [-0.2, -0.15) is 0 Å². The SMILES string of the molecule is CC(=O)N[C@@H](C)COC(=O)C(=CC(=O)O)C[C@H](C)NC(C)=O. The average molecular weight is 314 g/mol. The number of hydrogen-bond acceptors (Lipinski definition) is 5. The number of esters is 1. The fraction of sp³-hybridized carbons (Fsp3) is 0.571. The van der Waals surface area contributed by atoms with E-state index < -0.39 is 18.0 Å². The molecule has 0 radical (unpaired) electrons. The molecule has 22 heavy (non-hydrogen) atoms. The highest BCUT2D eigenvalue weighted by molar-refractivity contribution is 5.95. The second kappa shape index (κ2) is 9.54. The highest BCUT2D eigenvalue weighted by Crippen LogP contribution is 2.09. The van der Waals surface area contributed by atoms with Crippen molar-refractivity contribution in [3.05, 3.63) is 11.6 Å². The lowest BCUT2D eigenvalue weighted by Crippen LogP contribution is -2.35. The first-order chi connectivity index (χ1) is 10.1. The summed E-state index contributed by atoms with van der Waals surface area (Å²) in [4.78, 5) is 44.5. The standard InChI is InChI=1S/C14H22N2O6/c1-8(15-10(3)17)5-12(6-13(19)20)14(21)22-7-9(2)16-11(4)18/h6,8-9H,5,7H2,1-4H3,(H,15,17)(H,16,18)(H,19,20)/t8-,9-/m0/s1. The van der Waals surface area contributed by atoms with Crippen molar-refractivity contribution in [1.82, 2.24) is 10.6 Å². The molecule has 0 aliphatic rings. The Morgan fingerprint density at radius 1 is 1.05 bits per heavy atom. The van der Waals surface area contributed by atoms with E-state index in [0.29, 0.717) is 0 Å². The van der Waals surface area contributed by atoms with Crippen molar-refractivity contribution < 1.29 is 29.0 Å². The predicted octanol–water partition coefficient (Wildman–Crippen LogP) is -0.0201. The molecule has 8 nitrogen and oxygen atoms in total. The van der Waals surface area contributed by atoms with Crippen molar-refractivity contribution in [2.24, 2.45) is 0 Å².